The Balaban J connectivity index is 2.50. The van der Waals surface area contributed by atoms with E-state index in [0.717, 1.165) is 10.8 Å². The molecule has 0 aliphatic heterocycles. The number of carbonyl (C=O) groups excluding carboxylic acids is 1. The lowest BCUT2D eigenvalue weighted by atomic mass is 10.0. The maximum absolute atomic E-state index is 12.2. The number of fused-ring (bicyclic) bond motifs is 1. The zero-order valence-corrected chi connectivity index (χ0v) is 10.7. The maximum Gasteiger partial charge on any atom is 0.257 e. The van der Waals surface area contributed by atoms with Gasteiger partial charge in [0.15, 0.2) is 0 Å². The largest absolute Gasteiger partial charge is 0.507 e. The van der Waals surface area contributed by atoms with Crippen LogP contribution in [0.4, 0.5) is 0 Å². The molecule has 1 amide bonds. The lowest BCUT2D eigenvalue weighted by molar-refractivity contribution is 0.0770. The van der Waals surface area contributed by atoms with Crippen LogP contribution in [0.15, 0.2) is 36.4 Å². The van der Waals surface area contributed by atoms with Gasteiger partial charge in [-0.25, -0.2) is 0 Å². The highest BCUT2D eigenvalue weighted by atomic mass is 16.3. The van der Waals surface area contributed by atoms with Crippen molar-refractivity contribution >= 4 is 16.7 Å². The van der Waals surface area contributed by atoms with E-state index in [4.69, 9.17) is 0 Å². The number of hydrogen-bond acceptors (Lipinski definition) is 2. The average molecular weight is 243 g/mol. The Morgan fingerprint density at radius 2 is 1.67 bits per heavy atom. The van der Waals surface area contributed by atoms with E-state index in [2.05, 4.69) is 0 Å². The first-order valence-corrected chi connectivity index (χ1v) is 6.18. The molecule has 0 unspecified atom stereocenters. The highest BCUT2D eigenvalue weighted by molar-refractivity contribution is 6.01. The Bertz CT molecular complexity index is 574. The van der Waals surface area contributed by atoms with Crippen molar-refractivity contribution in [2.75, 3.05) is 13.1 Å². The molecule has 0 fully saturated rings. The molecule has 0 radical (unpaired) electrons. The third-order valence-corrected chi connectivity index (χ3v) is 3.15. The SMILES string of the molecule is CCN(CC)C(=O)c1cc2ccccc2cc1O. The summed E-state index contributed by atoms with van der Waals surface area (Å²) in [6.07, 6.45) is 0. The molecule has 3 nitrogen and oxygen atoms in total. The molecular weight excluding hydrogens is 226 g/mol. The first kappa shape index (κ1) is 12.4. The van der Waals surface area contributed by atoms with Crippen molar-refractivity contribution in [3.8, 4) is 5.75 Å². The number of hydrogen-bond donors (Lipinski definition) is 1. The van der Waals surface area contributed by atoms with Crippen LogP contribution in [0.3, 0.4) is 0 Å². The van der Waals surface area contributed by atoms with Gasteiger partial charge in [-0.3, -0.25) is 4.79 Å². The van der Waals surface area contributed by atoms with Crippen LogP contribution in [-0.2, 0) is 0 Å². The maximum atomic E-state index is 12.2. The van der Waals surface area contributed by atoms with E-state index in [0.29, 0.717) is 18.7 Å². The lowest BCUT2D eigenvalue weighted by Gasteiger charge is -2.19. The van der Waals surface area contributed by atoms with E-state index in [-0.39, 0.29) is 11.7 Å². The van der Waals surface area contributed by atoms with Gasteiger partial charge >= 0.3 is 0 Å². The molecule has 2 rings (SSSR count). The monoisotopic (exact) mass is 243 g/mol. The smallest absolute Gasteiger partial charge is 0.257 e. The van der Waals surface area contributed by atoms with Crippen molar-refractivity contribution < 1.29 is 9.90 Å². The van der Waals surface area contributed by atoms with E-state index in [1.165, 1.54) is 0 Å². The summed E-state index contributed by atoms with van der Waals surface area (Å²) in [6, 6.07) is 11.1. The van der Waals surface area contributed by atoms with Crippen LogP contribution >= 0.6 is 0 Å². The third-order valence-electron chi connectivity index (χ3n) is 3.15. The molecule has 2 aromatic rings. The number of amides is 1. The summed E-state index contributed by atoms with van der Waals surface area (Å²) in [7, 11) is 0. The molecule has 0 heterocycles. The van der Waals surface area contributed by atoms with Crippen LogP contribution in [0.2, 0.25) is 0 Å². The van der Waals surface area contributed by atoms with E-state index in [9.17, 15) is 9.90 Å². The molecule has 94 valence electrons. The Hall–Kier alpha value is -2.03. The molecule has 0 aliphatic rings. The zero-order valence-electron chi connectivity index (χ0n) is 10.7. The molecule has 0 bridgehead atoms. The van der Waals surface area contributed by atoms with Gasteiger partial charge < -0.3 is 10.0 Å². The van der Waals surface area contributed by atoms with Crippen molar-refractivity contribution in [1.29, 1.82) is 0 Å². The molecule has 0 aliphatic carbocycles. The van der Waals surface area contributed by atoms with E-state index in [1.807, 2.05) is 38.1 Å². The normalized spacial score (nSPS) is 10.6. The summed E-state index contributed by atoms with van der Waals surface area (Å²) < 4.78 is 0. The Labute approximate surface area is 107 Å². The van der Waals surface area contributed by atoms with Gasteiger partial charge in [-0.2, -0.15) is 0 Å². The van der Waals surface area contributed by atoms with Gasteiger partial charge in [0.2, 0.25) is 0 Å². The molecule has 3 heteroatoms. The van der Waals surface area contributed by atoms with Gasteiger partial charge in [0.1, 0.15) is 5.75 Å². The first-order valence-electron chi connectivity index (χ1n) is 6.18. The van der Waals surface area contributed by atoms with Crippen molar-refractivity contribution in [2.45, 2.75) is 13.8 Å². The van der Waals surface area contributed by atoms with Crippen LogP contribution in [-0.4, -0.2) is 29.0 Å². The average Bonchev–Trinajstić information content (AvgIpc) is 2.39. The minimum absolute atomic E-state index is 0.0469. The number of carbonyl (C=O) groups is 1. The zero-order chi connectivity index (χ0) is 13.1. The lowest BCUT2D eigenvalue weighted by Crippen LogP contribution is -2.30. The van der Waals surface area contributed by atoms with Gasteiger partial charge in [0.05, 0.1) is 5.56 Å². The first-order chi connectivity index (χ1) is 8.67. The van der Waals surface area contributed by atoms with Crippen LogP contribution in [0.5, 0.6) is 5.75 Å². The van der Waals surface area contributed by atoms with Crippen LogP contribution in [0.25, 0.3) is 10.8 Å². The summed E-state index contributed by atoms with van der Waals surface area (Å²) in [5, 5.41) is 11.9. The molecule has 1 N–H and O–H groups in total. The summed E-state index contributed by atoms with van der Waals surface area (Å²) in [4.78, 5) is 13.9. The number of phenols is 1. The summed E-state index contributed by atoms with van der Waals surface area (Å²) in [5.41, 5.74) is 0.373. The number of rotatable bonds is 3. The van der Waals surface area contributed by atoms with Gasteiger partial charge in [-0.1, -0.05) is 24.3 Å². The highest BCUT2D eigenvalue weighted by Crippen LogP contribution is 2.26. The third kappa shape index (κ3) is 2.16. The van der Waals surface area contributed by atoms with Crippen LogP contribution in [0, 0.1) is 0 Å². The second-order valence-corrected chi connectivity index (χ2v) is 4.19. The predicted molar refractivity (Wildman–Crippen MR) is 72.9 cm³/mol. The summed E-state index contributed by atoms with van der Waals surface area (Å²) in [6.45, 7) is 5.14. The topological polar surface area (TPSA) is 40.5 Å². The quantitative estimate of drug-likeness (QED) is 0.900. The molecule has 0 atom stereocenters. The minimum atomic E-state index is -0.122. The number of benzene rings is 2. The van der Waals surface area contributed by atoms with Crippen LogP contribution < -0.4 is 0 Å². The molecule has 0 spiro atoms. The molecule has 2 aromatic carbocycles. The van der Waals surface area contributed by atoms with Crippen LogP contribution in [0.1, 0.15) is 24.2 Å². The van der Waals surface area contributed by atoms with E-state index < -0.39 is 0 Å². The second kappa shape index (κ2) is 5.08. The van der Waals surface area contributed by atoms with Gasteiger partial charge in [0, 0.05) is 13.1 Å². The Morgan fingerprint density at radius 3 is 2.22 bits per heavy atom. The van der Waals surface area contributed by atoms with E-state index in [1.54, 1.807) is 17.0 Å². The predicted octanol–water partition coefficient (Wildman–Crippen LogP) is 3.03. The molecule has 0 saturated heterocycles. The summed E-state index contributed by atoms with van der Waals surface area (Å²) in [5.74, 6) is -0.0751. The number of aromatic hydroxyl groups is 1. The van der Waals surface area contributed by atoms with Crippen molar-refractivity contribution in [3.63, 3.8) is 0 Å². The van der Waals surface area contributed by atoms with Gasteiger partial charge in [-0.15, -0.1) is 0 Å². The fraction of sp³-hybridized carbons (Fsp3) is 0.267. The second-order valence-electron chi connectivity index (χ2n) is 4.19. The molecule has 0 saturated carbocycles. The Kier molecular flexibility index (Phi) is 3.51. The molecular formula is C15H17NO2. The molecule has 18 heavy (non-hydrogen) atoms. The highest BCUT2D eigenvalue weighted by Gasteiger charge is 2.16. The summed E-state index contributed by atoms with van der Waals surface area (Å²) >= 11 is 0. The number of nitrogens with zero attached hydrogens (tertiary/aromatic N) is 1. The van der Waals surface area contributed by atoms with Crippen molar-refractivity contribution in [2.24, 2.45) is 0 Å². The standard InChI is InChI=1S/C15H17NO2/c1-3-16(4-2)15(18)13-9-11-7-5-6-8-12(11)10-14(13)17/h5-10,17H,3-4H2,1-2H3. The van der Waals surface area contributed by atoms with E-state index >= 15 is 0 Å². The minimum Gasteiger partial charge on any atom is -0.507 e. The molecule has 0 aromatic heterocycles. The number of phenolic OH excluding ortho intramolecular Hbond substituents is 1. The fourth-order valence-electron chi connectivity index (χ4n) is 2.08. The van der Waals surface area contributed by atoms with Crippen molar-refractivity contribution in [1.82, 2.24) is 4.90 Å². The Morgan fingerprint density at radius 1 is 1.11 bits per heavy atom. The van der Waals surface area contributed by atoms with Gasteiger partial charge in [0.25, 0.3) is 5.91 Å². The van der Waals surface area contributed by atoms with Crippen molar-refractivity contribution in [3.05, 3.63) is 42.0 Å². The van der Waals surface area contributed by atoms with Gasteiger partial charge in [-0.05, 0) is 36.8 Å². The fourth-order valence-corrected chi connectivity index (χ4v) is 2.08.